The van der Waals surface area contributed by atoms with Crippen LogP contribution in [0.3, 0.4) is 0 Å². The van der Waals surface area contributed by atoms with Crippen molar-refractivity contribution >= 4 is 32.7 Å². The van der Waals surface area contributed by atoms with E-state index in [1.807, 2.05) is 0 Å². The second kappa shape index (κ2) is 7.33. The number of pyridine rings is 1. The molecule has 0 saturated heterocycles. The highest BCUT2D eigenvalue weighted by Gasteiger charge is 2.18. The van der Waals surface area contributed by atoms with Crippen LogP contribution in [0.5, 0.6) is 17.2 Å². The van der Waals surface area contributed by atoms with Gasteiger partial charge in [-0.2, -0.15) is 4.57 Å². The van der Waals surface area contributed by atoms with Crippen LogP contribution in [0.25, 0.3) is 26.4 Å². The number of fused-ring (bicyclic) bond motifs is 2. The van der Waals surface area contributed by atoms with Gasteiger partial charge in [0.2, 0.25) is 10.7 Å². The third-order valence-corrected chi connectivity index (χ3v) is 5.46. The summed E-state index contributed by atoms with van der Waals surface area (Å²) in [6, 6.07) is 12.2. The number of nitrogens with zero attached hydrogens (tertiary/aromatic N) is 3. The maximum absolute atomic E-state index is 13.1. The van der Waals surface area contributed by atoms with Crippen molar-refractivity contribution in [2.75, 3.05) is 7.11 Å². The van der Waals surface area contributed by atoms with Crippen molar-refractivity contribution in [2.45, 2.75) is 0 Å². The summed E-state index contributed by atoms with van der Waals surface area (Å²) in [4.78, 5) is 33.9. The van der Waals surface area contributed by atoms with E-state index in [0.717, 1.165) is 15.9 Å². The minimum atomic E-state index is -0.898. The van der Waals surface area contributed by atoms with Gasteiger partial charge in [0.15, 0.2) is 11.3 Å². The second-order valence-electron chi connectivity index (χ2n) is 6.38. The molecule has 0 saturated carbocycles. The summed E-state index contributed by atoms with van der Waals surface area (Å²) in [6.45, 7) is 0. The van der Waals surface area contributed by atoms with Crippen LogP contribution < -0.4 is 20.8 Å². The summed E-state index contributed by atoms with van der Waals surface area (Å²) in [5, 5.41) is 0.138. The fourth-order valence-corrected chi connectivity index (χ4v) is 4.00. The maximum Gasteiger partial charge on any atom is 0.429 e. The van der Waals surface area contributed by atoms with E-state index in [4.69, 9.17) is 13.9 Å². The zero-order valence-electron chi connectivity index (χ0n) is 15.9. The van der Waals surface area contributed by atoms with Crippen molar-refractivity contribution in [3.8, 4) is 22.4 Å². The molecule has 0 fully saturated rings. The molecule has 5 aromatic rings. The van der Waals surface area contributed by atoms with Crippen molar-refractivity contribution in [3.05, 3.63) is 81.4 Å². The third kappa shape index (κ3) is 3.32. The number of benzene rings is 2. The Bertz CT molecular complexity index is 1560. The van der Waals surface area contributed by atoms with Crippen LogP contribution in [-0.4, -0.2) is 21.6 Å². The molecule has 0 amide bonds. The molecule has 0 radical (unpaired) electrons. The lowest BCUT2D eigenvalue weighted by molar-refractivity contribution is 0.401. The van der Waals surface area contributed by atoms with Gasteiger partial charge >= 0.3 is 5.76 Å². The summed E-state index contributed by atoms with van der Waals surface area (Å²) in [6.07, 6.45) is 1.39. The van der Waals surface area contributed by atoms with E-state index >= 15 is 0 Å². The first-order valence-corrected chi connectivity index (χ1v) is 9.78. The van der Waals surface area contributed by atoms with Crippen molar-refractivity contribution in [3.63, 3.8) is 0 Å². The normalized spacial score (nSPS) is 11.2. The molecule has 5 rings (SSSR count). The molecule has 154 valence electrons. The van der Waals surface area contributed by atoms with Gasteiger partial charge in [0, 0.05) is 18.3 Å². The quantitative estimate of drug-likeness (QED) is 0.421. The van der Waals surface area contributed by atoms with E-state index in [-0.39, 0.29) is 27.8 Å². The monoisotopic (exact) mass is 437 g/mol. The standard InChI is InChI=1S/C21H12FN3O5S/c1-28-15-8-9-23-17-18(15)30-21(27)25(19(17)26)20-24-14-7-6-13(10-16(14)31-20)29-12-4-2-11(22)3-5-12/h2-10H,1H3. The van der Waals surface area contributed by atoms with Crippen LogP contribution in [0, 0.1) is 5.82 Å². The molecule has 0 aliphatic carbocycles. The molecule has 2 aromatic carbocycles. The highest BCUT2D eigenvalue weighted by Crippen LogP contribution is 2.30. The van der Waals surface area contributed by atoms with E-state index in [1.54, 1.807) is 18.2 Å². The molecule has 8 nitrogen and oxygen atoms in total. The molecule has 0 bridgehead atoms. The Balaban J connectivity index is 1.59. The van der Waals surface area contributed by atoms with Crippen molar-refractivity contribution in [1.82, 2.24) is 14.5 Å². The van der Waals surface area contributed by atoms with Crippen LogP contribution in [0.4, 0.5) is 4.39 Å². The minimum absolute atomic E-state index is 0.0210. The number of rotatable bonds is 4. The predicted octanol–water partition coefficient (Wildman–Crippen LogP) is 3.89. The molecular formula is C21H12FN3O5S. The SMILES string of the molecule is COc1ccnc2c(=O)n(-c3nc4ccc(Oc5ccc(F)cc5)cc4s3)c(=O)oc12. The molecule has 0 spiro atoms. The van der Waals surface area contributed by atoms with Crippen molar-refractivity contribution in [2.24, 2.45) is 0 Å². The molecule has 10 heteroatoms. The maximum atomic E-state index is 13.1. The van der Waals surface area contributed by atoms with Gasteiger partial charge in [-0.15, -0.1) is 0 Å². The summed E-state index contributed by atoms with van der Waals surface area (Å²) in [7, 11) is 1.40. The first-order chi connectivity index (χ1) is 15.0. The summed E-state index contributed by atoms with van der Waals surface area (Å²) in [5.41, 5.74) is -0.158. The Morgan fingerprint density at radius 1 is 1.06 bits per heavy atom. The number of hydrogen-bond donors (Lipinski definition) is 0. The Morgan fingerprint density at radius 2 is 1.84 bits per heavy atom. The molecule has 0 unspecified atom stereocenters. The van der Waals surface area contributed by atoms with Crippen LogP contribution in [0.2, 0.25) is 0 Å². The molecule has 3 aromatic heterocycles. The fourth-order valence-electron chi connectivity index (χ4n) is 3.02. The molecule has 0 aliphatic rings. The van der Waals surface area contributed by atoms with Gasteiger partial charge in [0.05, 0.1) is 17.3 Å². The van der Waals surface area contributed by atoms with Crippen molar-refractivity contribution < 1.29 is 18.3 Å². The molecular weight excluding hydrogens is 425 g/mol. The zero-order chi connectivity index (χ0) is 21.5. The average molecular weight is 437 g/mol. The van der Waals surface area contributed by atoms with Gasteiger partial charge in [-0.3, -0.25) is 4.79 Å². The first-order valence-electron chi connectivity index (χ1n) is 8.97. The Hall–Kier alpha value is -4.05. The predicted molar refractivity (Wildman–Crippen MR) is 112 cm³/mol. The minimum Gasteiger partial charge on any atom is -0.493 e. The lowest BCUT2D eigenvalue weighted by atomic mass is 10.3. The lowest BCUT2D eigenvalue weighted by Crippen LogP contribution is -2.31. The Kier molecular flexibility index (Phi) is 4.48. The van der Waals surface area contributed by atoms with Crippen LogP contribution >= 0.6 is 11.3 Å². The van der Waals surface area contributed by atoms with Gasteiger partial charge in [-0.05, 0) is 36.4 Å². The van der Waals surface area contributed by atoms with Gasteiger partial charge in [0.25, 0.3) is 5.56 Å². The number of methoxy groups -OCH3 is 1. The Morgan fingerprint density at radius 3 is 2.61 bits per heavy atom. The molecule has 31 heavy (non-hydrogen) atoms. The van der Waals surface area contributed by atoms with Gasteiger partial charge in [-0.25, -0.2) is 19.2 Å². The molecule has 0 atom stereocenters. The summed E-state index contributed by atoms with van der Waals surface area (Å²) in [5.74, 6) is -0.0546. The number of ether oxygens (including phenoxy) is 2. The number of thiazole rings is 1. The molecule has 3 heterocycles. The van der Waals surface area contributed by atoms with E-state index in [1.165, 1.54) is 43.6 Å². The molecule has 0 aliphatic heterocycles. The largest absolute Gasteiger partial charge is 0.493 e. The lowest BCUT2D eigenvalue weighted by Gasteiger charge is -2.04. The highest BCUT2D eigenvalue weighted by molar-refractivity contribution is 7.20. The number of aromatic nitrogens is 3. The smallest absolute Gasteiger partial charge is 0.429 e. The fraction of sp³-hybridized carbons (Fsp3) is 0.0476. The van der Waals surface area contributed by atoms with Gasteiger partial charge in [0.1, 0.15) is 17.3 Å². The van der Waals surface area contributed by atoms with E-state index in [0.29, 0.717) is 21.7 Å². The summed E-state index contributed by atoms with van der Waals surface area (Å²) >= 11 is 1.12. The van der Waals surface area contributed by atoms with Crippen LogP contribution in [0.1, 0.15) is 0 Å². The number of hydrogen-bond acceptors (Lipinski definition) is 8. The topological polar surface area (TPSA) is 96.5 Å². The van der Waals surface area contributed by atoms with Crippen molar-refractivity contribution in [1.29, 1.82) is 0 Å². The Labute approximate surface area is 176 Å². The van der Waals surface area contributed by atoms with Crippen LogP contribution in [-0.2, 0) is 0 Å². The highest BCUT2D eigenvalue weighted by atomic mass is 32.1. The zero-order valence-corrected chi connectivity index (χ0v) is 16.7. The van der Waals surface area contributed by atoms with Gasteiger partial charge < -0.3 is 13.9 Å². The third-order valence-electron chi connectivity index (χ3n) is 4.46. The first kappa shape index (κ1) is 18.9. The second-order valence-corrected chi connectivity index (χ2v) is 7.39. The van der Waals surface area contributed by atoms with E-state index in [9.17, 15) is 14.0 Å². The molecule has 0 N–H and O–H groups in total. The van der Waals surface area contributed by atoms with Crippen LogP contribution in [0.15, 0.2) is 68.7 Å². The average Bonchev–Trinajstić information content (AvgIpc) is 3.18. The summed E-state index contributed by atoms with van der Waals surface area (Å²) < 4.78 is 30.7. The van der Waals surface area contributed by atoms with E-state index in [2.05, 4.69) is 9.97 Å². The van der Waals surface area contributed by atoms with Gasteiger partial charge in [-0.1, -0.05) is 11.3 Å². The number of halogens is 1. The van der Waals surface area contributed by atoms with E-state index < -0.39 is 11.3 Å².